The molecule has 4 rings (SSSR count). The monoisotopic (exact) mass is 634 g/mol. The lowest BCUT2D eigenvalue weighted by atomic mass is 10.1. The third kappa shape index (κ3) is 6.12. The number of halogens is 3. The highest BCUT2D eigenvalue weighted by Crippen LogP contribution is 2.37. The summed E-state index contributed by atoms with van der Waals surface area (Å²) in [5.74, 6) is 0.905. The maximum atomic E-state index is 12.6. The molecule has 1 aliphatic rings. The molecule has 0 spiro atoms. The number of amides is 1. The van der Waals surface area contributed by atoms with Gasteiger partial charge in [-0.1, -0.05) is 61.7 Å². The summed E-state index contributed by atoms with van der Waals surface area (Å²) in [7, 11) is 1.58. The van der Waals surface area contributed by atoms with Crippen LogP contribution in [0.2, 0.25) is 5.02 Å². The molecule has 180 valence electrons. The van der Waals surface area contributed by atoms with Crippen molar-refractivity contribution in [1.29, 1.82) is 0 Å². The molecular weight excluding hydrogens is 616 g/mol. The molecule has 1 N–H and O–H groups in total. The van der Waals surface area contributed by atoms with Crippen molar-refractivity contribution in [3.63, 3.8) is 0 Å². The number of methoxy groups -OCH3 is 1. The van der Waals surface area contributed by atoms with Gasteiger partial charge in [-0.15, -0.1) is 0 Å². The first-order chi connectivity index (χ1) is 16.7. The van der Waals surface area contributed by atoms with E-state index in [9.17, 15) is 4.79 Å². The van der Waals surface area contributed by atoms with E-state index in [1.807, 2.05) is 62.4 Å². The summed E-state index contributed by atoms with van der Waals surface area (Å²) in [6.07, 6.45) is 1.80. The molecule has 3 aromatic carbocycles. The van der Waals surface area contributed by atoms with Crippen LogP contribution in [0.25, 0.3) is 6.08 Å². The van der Waals surface area contributed by atoms with Crippen molar-refractivity contribution in [3.8, 4) is 11.5 Å². The maximum absolute atomic E-state index is 12.6. The number of rotatable bonds is 6. The van der Waals surface area contributed by atoms with E-state index in [1.165, 1.54) is 11.8 Å². The summed E-state index contributed by atoms with van der Waals surface area (Å²) in [6.45, 7) is 4.33. The molecule has 0 aromatic heterocycles. The molecule has 0 radical (unpaired) electrons. The summed E-state index contributed by atoms with van der Waals surface area (Å²) in [6, 6.07) is 15.1. The molecule has 5 nitrogen and oxygen atoms in total. The van der Waals surface area contributed by atoms with Crippen LogP contribution in [0.4, 0.5) is 5.69 Å². The fraction of sp³-hybridized carbons (Fsp3) is 0.154. The van der Waals surface area contributed by atoms with Crippen LogP contribution in [0.5, 0.6) is 11.5 Å². The average Bonchev–Trinajstić information content (AvgIpc) is 3.16. The highest BCUT2D eigenvalue weighted by atomic mass is 79.9. The fourth-order valence-corrected chi connectivity index (χ4v) is 5.12. The number of ether oxygens (including phenoxy) is 2. The zero-order valence-electron chi connectivity index (χ0n) is 19.1. The van der Waals surface area contributed by atoms with Crippen LogP contribution in [0.3, 0.4) is 0 Å². The van der Waals surface area contributed by atoms with Gasteiger partial charge in [-0.25, -0.2) is 4.99 Å². The molecule has 0 atom stereocenters. The van der Waals surface area contributed by atoms with Gasteiger partial charge in [-0.3, -0.25) is 4.79 Å². The van der Waals surface area contributed by atoms with Gasteiger partial charge in [0.25, 0.3) is 5.91 Å². The Labute approximate surface area is 230 Å². The van der Waals surface area contributed by atoms with Crippen molar-refractivity contribution in [2.24, 2.45) is 4.99 Å². The quantitative estimate of drug-likeness (QED) is 0.279. The Bertz CT molecular complexity index is 1350. The molecule has 1 aliphatic heterocycles. The third-order valence-electron chi connectivity index (χ3n) is 5.21. The Morgan fingerprint density at radius 2 is 1.80 bits per heavy atom. The van der Waals surface area contributed by atoms with Crippen molar-refractivity contribution in [3.05, 3.63) is 89.7 Å². The Hall–Kier alpha value is -2.26. The van der Waals surface area contributed by atoms with Gasteiger partial charge in [-0.05, 0) is 78.7 Å². The summed E-state index contributed by atoms with van der Waals surface area (Å²) in [4.78, 5) is 17.8. The summed E-state index contributed by atoms with van der Waals surface area (Å²) in [5.41, 5.74) is 4.61. The van der Waals surface area contributed by atoms with Crippen LogP contribution >= 0.6 is 55.2 Å². The smallest absolute Gasteiger partial charge is 0.264 e. The number of carbonyl (C=O) groups is 1. The van der Waals surface area contributed by atoms with Crippen LogP contribution < -0.4 is 14.8 Å². The molecular formula is C26H21Br2ClN2O3S. The molecule has 1 fully saturated rings. The Morgan fingerprint density at radius 1 is 1.09 bits per heavy atom. The van der Waals surface area contributed by atoms with Crippen molar-refractivity contribution < 1.29 is 14.3 Å². The average molecular weight is 637 g/mol. The van der Waals surface area contributed by atoms with Crippen molar-refractivity contribution in [2.75, 3.05) is 7.11 Å². The molecule has 3 aromatic rings. The maximum Gasteiger partial charge on any atom is 0.264 e. The molecule has 9 heteroatoms. The molecule has 0 aliphatic carbocycles. The van der Waals surface area contributed by atoms with Gasteiger partial charge in [0.1, 0.15) is 6.61 Å². The number of carbonyl (C=O) groups excluding carboxylic acids is 1. The minimum atomic E-state index is -0.204. The van der Waals surface area contributed by atoms with Gasteiger partial charge in [-0.2, -0.15) is 0 Å². The van der Waals surface area contributed by atoms with Crippen LogP contribution in [0, 0.1) is 13.8 Å². The van der Waals surface area contributed by atoms with Crippen LogP contribution in [-0.2, 0) is 11.4 Å². The number of nitrogens with zero attached hydrogens (tertiary/aromatic N) is 1. The first-order valence-electron chi connectivity index (χ1n) is 10.5. The molecule has 0 unspecified atom stereocenters. The molecule has 1 amide bonds. The highest BCUT2D eigenvalue weighted by Gasteiger charge is 2.24. The Balaban J connectivity index is 1.56. The number of hydrogen-bond acceptors (Lipinski definition) is 5. The lowest BCUT2D eigenvalue weighted by Crippen LogP contribution is -2.19. The second kappa shape index (κ2) is 11.2. The van der Waals surface area contributed by atoms with Crippen molar-refractivity contribution >= 4 is 78.1 Å². The fourth-order valence-electron chi connectivity index (χ4n) is 3.43. The first kappa shape index (κ1) is 25.8. The summed E-state index contributed by atoms with van der Waals surface area (Å²) < 4.78 is 13.3. The SMILES string of the molecule is COc1cc(/C=C2\SC(=Nc3cc(C)c(Br)c(C)c3)NC2=O)c(Br)cc1OCc1ccccc1Cl. The summed E-state index contributed by atoms with van der Waals surface area (Å²) in [5, 5.41) is 4.01. The van der Waals surface area contributed by atoms with Crippen molar-refractivity contribution in [1.82, 2.24) is 5.32 Å². The first-order valence-corrected chi connectivity index (χ1v) is 13.3. The molecule has 35 heavy (non-hydrogen) atoms. The number of hydrogen-bond donors (Lipinski definition) is 1. The molecule has 1 saturated heterocycles. The largest absolute Gasteiger partial charge is 0.493 e. The van der Waals surface area contributed by atoms with Crippen molar-refractivity contribution in [2.45, 2.75) is 20.5 Å². The van der Waals surface area contributed by atoms with E-state index < -0.39 is 0 Å². The molecule has 1 heterocycles. The topological polar surface area (TPSA) is 59.9 Å². The minimum absolute atomic E-state index is 0.204. The van der Waals surface area contributed by atoms with E-state index in [0.29, 0.717) is 33.2 Å². The number of aryl methyl sites for hydroxylation is 2. The Morgan fingerprint density at radius 3 is 2.49 bits per heavy atom. The van der Waals surface area contributed by atoms with Crippen LogP contribution in [0.15, 0.2) is 67.4 Å². The lowest BCUT2D eigenvalue weighted by molar-refractivity contribution is -0.115. The number of nitrogens with one attached hydrogen (secondary N) is 1. The summed E-state index contributed by atoms with van der Waals surface area (Å²) >= 11 is 14.7. The Kier molecular flexibility index (Phi) is 8.27. The highest BCUT2D eigenvalue weighted by molar-refractivity contribution is 9.10. The predicted octanol–water partition coefficient (Wildman–Crippen LogP) is 7.96. The van der Waals surface area contributed by atoms with Crippen LogP contribution in [0.1, 0.15) is 22.3 Å². The van der Waals surface area contributed by atoms with Gasteiger partial charge in [0.15, 0.2) is 16.7 Å². The van der Waals surface area contributed by atoms with Gasteiger partial charge < -0.3 is 14.8 Å². The van der Waals surface area contributed by atoms with E-state index >= 15 is 0 Å². The van der Waals surface area contributed by atoms with Gasteiger partial charge >= 0.3 is 0 Å². The van der Waals surface area contributed by atoms with E-state index in [0.717, 1.165) is 36.9 Å². The zero-order valence-corrected chi connectivity index (χ0v) is 23.9. The minimum Gasteiger partial charge on any atom is -0.493 e. The zero-order chi connectivity index (χ0) is 25.1. The van der Waals surface area contributed by atoms with E-state index in [-0.39, 0.29) is 5.91 Å². The number of aliphatic imine (C=N–C) groups is 1. The number of amidine groups is 1. The van der Waals surface area contributed by atoms with Crippen LogP contribution in [-0.4, -0.2) is 18.2 Å². The normalized spacial score (nSPS) is 15.5. The predicted molar refractivity (Wildman–Crippen MR) is 151 cm³/mol. The van der Waals surface area contributed by atoms with E-state index in [1.54, 1.807) is 13.2 Å². The second-order valence-corrected chi connectivity index (χ2v) is 10.9. The molecule has 0 bridgehead atoms. The van der Waals surface area contributed by atoms with Gasteiger partial charge in [0.05, 0.1) is 17.7 Å². The number of thioether (sulfide) groups is 1. The third-order valence-corrected chi connectivity index (χ3v) is 8.43. The second-order valence-electron chi connectivity index (χ2n) is 7.78. The standard InChI is InChI=1S/C26H21Br2ClN2O3S/c1-14-8-18(9-15(2)24(14)28)30-26-31-25(32)23(35-26)11-17-10-21(33-3)22(12-19(17)27)34-13-16-6-4-5-7-20(16)29/h4-12H,13H2,1-3H3,(H,30,31,32)/b23-11-. The lowest BCUT2D eigenvalue weighted by Gasteiger charge is -2.13. The van der Waals surface area contributed by atoms with Gasteiger partial charge in [0.2, 0.25) is 0 Å². The molecule has 0 saturated carbocycles. The van der Waals surface area contributed by atoms with E-state index in [4.69, 9.17) is 21.1 Å². The van der Waals surface area contributed by atoms with Gasteiger partial charge in [0, 0.05) is 19.5 Å². The van der Waals surface area contributed by atoms with E-state index in [2.05, 4.69) is 42.2 Å². The number of benzene rings is 3.